The first kappa shape index (κ1) is 16.6. The summed E-state index contributed by atoms with van der Waals surface area (Å²) in [7, 11) is 0. The quantitative estimate of drug-likeness (QED) is 0.783. The Kier molecular flexibility index (Phi) is 5.66. The Labute approximate surface area is 132 Å². The summed E-state index contributed by atoms with van der Waals surface area (Å²) in [5, 5.41) is 9.31. The van der Waals surface area contributed by atoms with E-state index in [4.69, 9.17) is 4.74 Å². The minimum atomic E-state index is -0.107. The fraction of sp³-hybridized carbons (Fsp3) is 0.588. The van der Waals surface area contributed by atoms with Gasteiger partial charge < -0.3 is 20.7 Å². The van der Waals surface area contributed by atoms with E-state index in [1.54, 1.807) is 0 Å². The second kappa shape index (κ2) is 7.49. The summed E-state index contributed by atoms with van der Waals surface area (Å²) in [6.07, 6.45) is 2.09. The summed E-state index contributed by atoms with van der Waals surface area (Å²) < 4.78 is 5.60. The zero-order chi connectivity index (χ0) is 16.0. The summed E-state index contributed by atoms with van der Waals surface area (Å²) >= 11 is 0. The summed E-state index contributed by atoms with van der Waals surface area (Å²) in [6, 6.07) is 7.72. The van der Waals surface area contributed by atoms with Gasteiger partial charge in [0.1, 0.15) is 5.75 Å². The molecule has 1 aromatic carbocycles. The molecular weight excluding hydrogens is 278 g/mol. The van der Waals surface area contributed by atoms with Gasteiger partial charge in [-0.3, -0.25) is 0 Å². The number of hydrogen-bond acceptors (Lipinski definition) is 3. The van der Waals surface area contributed by atoms with Crippen molar-refractivity contribution < 1.29 is 9.53 Å². The maximum atomic E-state index is 12.0. The third-order valence-corrected chi connectivity index (χ3v) is 3.87. The van der Waals surface area contributed by atoms with Crippen LogP contribution in [0.2, 0.25) is 0 Å². The average molecular weight is 305 g/mol. The van der Waals surface area contributed by atoms with Crippen LogP contribution < -0.4 is 20.7 Å². The molecule has 1 aliphatic rings. The number of benzene rings is 1. The Hall–Kier alpha value is -1.75. The Morgan fingerprint density at radius 2 is 1.91 bits per heavy atom. The fourth-order valence-electron chi connectivity index (χ4n) is 2.56. The molecule has 0 unspecified atom stereocenters. The van der Waals surface area contributed by atoms with E-state index < -0.39 is 0 Å². The van der Waals surface area contributed by atoms with Gasteiger partial charge >= 0.3 is 6.03 Å². The fourth-order valence-corrected chi connectivity index (χ4v) is 2.56. The molecule has 122 valence electrons. The predicted octanol–water partition coefficient (Wildman–Crippen LogP) is 2.42. The predicted molar refractivity (Wildman–Crippen MR) is 88.1 cm³/mol. The molecule has 2 amide bonds. The molecule has 1 aliphatic heterocycles. The molecular formula is C17H27N3O2. The zero-order valence-corrected chi connectivity index (χ0v) is 13.7. The van der Waals surface area contributed by atoms with Gasteiger partial charge in [0.15, 0.2) is 0 Å². The number of urea groups is 1. The van der Waals surface area contributed by atoms with Crippen molar-refractivity contribution in [1.29, 1.82) is 0 Å². The number of ether oxygens (including phenoxy) is 1. The van der Waals surface area contributed by atoms with Crippen molar-refractivity contribution in [2.45, 2.75) is 51.8 Å². The second-order valence-electron chi connectivity index (χ2n) is 6.43. The molecule has 0 aliphatic carbocycles. The van der Waals surface area contributed by atoms with Crippen LogP contribution in [0.1, 0.15) is 39.2 Å². The number of piperidine rings is 1. The molecule has 1 fully saturated rings. The van der Waals surface area contributed by atoms with Crippen LogP contribution >= 0.6 is 0 Å². The van der Waals surface area contributed by atoms with E-state index in [1.165, 1.54) is 0 Å². The number of carbonyl (C=O) groups excluding carboxylic acids is 1. The van der Waals surface area contributed by atoms with Gasteiger partial charge in [-0.15, -0.1) is 0 Å². The van der Waals surface area contributed by atoms with Crippen molar-refractivity contribution in [2.24, 2.45) is 0 Å². The van der Waals surface area contributed by atoms with E-state index in [0.717, 1.165) is 37.2 Å². The van der Waals surface area contributed by atoms with Crippen LogP contribution in [0.4, 0.5) is 4.79 Å². The highest BCUT2D eigenvalue weighted by molar-refractivity contribution is 5.74. The van der Waals surface area contributed by atoms with E-state index >= 15 is 0 Å². The second-order valence-corrected chi connectivity index (χ2v) is 6.43. The number of nitrogens with one attached hydrogen (secondary N) is 3. The summed E-state index contributed by atoms with van der Waals surface area (Å²) in [4.78, 5) is 12.0. The van der Waals surface area contributed by atoms with Crippen molar-refractivity contribution >= 4 is 6.03 Å². The van der Waals surface area contributed by atoms with Gasteiger partial charge in [-0.25, -0.2) is 4.79 Å². The molecule has 22 heavy (non-hydrogen) atoms. The van der Waals surface area contributed by atoms with Gasteiger partial charge in [0.25, 0.3) is 0 Å². The number of rotatable bonds is 5. The van der Waals surface area contributed by atoms with Gasteiger partial charge in [-0.05, 0) is 64.4 Å². The van der Waals surface area contributed by atoms with Crippen LogP contribution in [0.3, 0.4) is 0 Å². The third-order valence-electron chi connectivity index (χ3n) is 3.87. The summed E-state index contributed by atoms with van der Waals surface area (Å²) in [5.41, 5.74) is 0.950. The maximum Gasteiger partial charge on any atom is 0.315 e. The standard InChI is InChI=1S/C17H27N3O2/c1-13(2)22-15-6-4-14(5-7-15)12-19-16(21)20-17(3)8-10-18-11-9-17/h4-7,13,18H,8-12H2,1-3H3,(H2,19,20,21). The molecule has 5 nitrogen and oxygen atoms in total. The Morgan fingerprint density at radius 3 is 2.50 bits per heavy atom. The molecule has 1 heterocycles. The normalized spacial score (nSPS) is 17.1. The van der Waals surface area contributed by atoms with Crippen LogP contribution in [0.15, 0.2) is 24.3 Å². The molecule has 1 aromatic rings. The van der Waals surface area contributed by atoms with E-state index in [-0.39, 0.29) is 17.7 Å². The van der Waals surface area contributed by atoms with E-state index in [1.807, 2.05) is 38.1 Å². The van der Waals surface area contributed by atoms with E-state index in [0.29, 0.717) is 6.54 Å². The molecule has 1 saturated heterocycles. The van der Waals surface area contributed by atoms with Gasteiger partial charge in [0.05, 0.1) is 6.10 Å². The Balaban J connectivity index is 1.78. The monoisotopic (exact) mass is 305 g/mol. The van der Waals surface area contributed by atoms with Crippen molar-refractivity contribution in [1.82, 2.24) is 16.0 Å². The lowest BCUT2D eigenvalue weighted by Crippen LogP contribution is -2.54. The lowest BCUT2D eigenvalue weighted by molar-refractivity contribution is 0.214. The first-order chi connectivity index (χ1) is 10.5. The van der Waals surface area contributed by atoms with Gasteiger partial charge in [0, 0.05) is 12.1 Å². The van der Waals surface area contributed by atoms with Crippen LogP contribution in [0.5, 0.6) is 5.75 Å². The van der Waals surface area contributed by atoms with Gasteiger partial charge in [-0.2, -0.15) is 0 Å². The van der Waals surface area contributed by atoms with E-state index in [2.05, 4.69) is 22.9 Å². The summed E-state index contributed by atoms with van der Waals surface area (Å²) in [5.74, 6) is 0.852. The molecule has 0 aromatic heterocycles. The van der Waals surface area contributed by atoms with Crippen molar-refractivity contribution in [3.05, 3.63) is 29.8 Å². The third kappa shape index (κ3) is 5.22. The maximum absolute atomic E-state index is 12.0. The molecule has 0 saturated carbocycles. The molecule has 0 atom stereocenters. The van der Waals surface area contributed by atoms with Crippen LogP contribution in [-0.2, 0) is 6.54 Å². The molecule has 3 N–H and O–H groups in total. The van der Waals surface area contributed by atoms with Crippen molar-refractivity contribution in [3.63, 3.8) is 0 Å². The molecule has 2 rings (SSSR count). The van der Waals surface area contributed by atoms with E-state index in [9.17, 15) is 4.79 Å². The largest absolute Gasteiger partial charge is 0.491 e. The highest BCUT2D eigenvalue weighted by Crippen LogP contribution is 2.17. The SMILES string of the molecule is CC(C)Oc1ccc(CNC(=O)NC2(C)CCNCC2)cc1. The van der Waals surface area contributed by atoms with Crippen molar-refractivity contribution in [2.75, 3.05) is 13.1 Å². The number of carbonyl (C=O) groups is 1. The van der Waals surface area contributed by atoms with Crippen LogP contribution in [0.25, 0.3) is 0 Å². The van der Waals surface area contributed by atoms with Crippen LogP contribution in [-0.4, -0.2) is 30.8 Å². The zero-order valence-electron chi connectivity index (χ0n) is 13.7. The Bertz CT molecular complexity index is 479. The highest BCUT2D eigenvalue weighted by Gasteiger charge is 2.27. The topological polar surface area (TPSA) is 62.4 Å². The lowest BCUT2D eigenvalue weighted by atomic mass is 9.91. The molecule has 5 heteroatoms. The van der Waals surface area contributed by atoms with Gasteiger partial charge in [-0.1, -0.05) is 12.1 Å². The first-order valence-corrected chi connectivity index (χ1v) is 7.99. The average Bonchev–Trinajstić information content (AvgIpc) is 2.46. The minimum Gasteiger partial charge on any atom is -0.491 e. The Morgan fingerprint density at radius 1 is 1.27 bits per heavy atom. The van der Waals surface area contributed by atoms with Crippen molar-refractivity contribution in [3.8, 4) is 5.75 Å². The minimum absolute atomic E-state index is 0.105. The first-order valence-electron chi connectivity index (χ1n) is 7.99. The lowest BCUT2D eigenvalue weighted by Gasteiger charge is -2.34. The number of hydrogen-bond donors (Lipinski definition) is 3. The highest BCUT2D eigenvalue weighted by atomic mass is 16.5. The van der Waals surface area contributed by atoms with Crippen LogP contribution in [0, 0.1) is 0 Å². The molecule has 0 radical (unpaired) electrons. The molecule has 0 spiro atoms. The summed E-state index contributed by atoms with van der Waals surface area (Å²) in [6.45, 7) is 8.53. The molecule has 0 bridgehead atoms. The number of amides is 2. The van der Waals surface area contributed by atoms with Gasteiger partial charge in [0.2, 0.25) is 0 Å². The smallest absolute Gasteiger partial charge is 0.315 e.